The average molecular weight is 312 g/mol. The molecule has 1 aliphatic rings. The van der Waals surface area contributed by atoms with Gasteiger partial charge in [0.25, 0.3) is 0 Å². The number of rotatable bonds is 6. The van der Waals surface area contributed by atoms with E-state index in [0.717, 1.165) is 19.4 Å². The van der Waals surface area contributed by atoms with Gasteiger partial charge in [-0.2, -0.15) is 0 Å². The van der Waals surface area contributed by atoms with E-state index in [1.807, 2.05) is 26.8 Å². The zero-order chi connectivity index (χ0) is 15.5. The fourth-order valence-corrected chi connectivity index (χ4v) is 4.17. The number of ether oxygens (including phenoxy) is 2. The minimum absolute atomic E-state index is 0.0662. The van der Waals surface area contributed by atoms with Crippen molar-refractivity contribution in [3.05, 3.63) is 30.3 Å². The van der Waals surface area contributed by atoms with E-state index in [9.17, 15) is 8.42 Å². The van der Waals surface area contributed by atoms with Crippen molar-refractivity contribution in [2.24, 2.45) is 5.92 Å². The van der Waals surface area contributed by atoms with Gasteiger partial charge in [-0.3, -0.25) is 0 Å². The lowest BCUT2D eigenvalue weighted by Crippen LogP contribution is -2.40. The molecule has 118 valence electrons. The van der Waals surface area contributed by atoms with Crippen molar-refractivity contribution < 1.29 is 17.9 Å². The van der Waals surface area contributed by atoms with Gasteiger partial charge in [0.1, 0.15) is 0 Å². The lowest BCUT2D eigenvalue weighted by molar-refractivity contribution is -0.191. The fraction of sp³-hybridized carbons (Fsp3) is 0.625. The van der Waals surface area contributed by atoms with E-state index >= 15 is 0 Å². The molecular weight excluding hydrogens is 288 g/mol. The highest BCUT2D eigenvalue weighted by Gasteiger charge is 2.34. The van der Waals surface area contributed by atoms with E-state index in [0.29, 0.717) is 4.90 Å². The Morgan fingerprint density at radius 3 is 2.57 bits per heavy atom. The van der Waals surface area contributed by atoms with Crippen LogP contribution >= 0.6 is 0 Å². The van der Waals surface area contributed by atoms with Crippen LogP contribution < -0.4 is 0 Å². The average Bonchev–Trinajstić information content (AvgIpc) is 2.91. The van der Waals surface area contributed by atoms with Crippen LogP contribution in [-0.4, -0.2) is 32.7 Å². The molecule has 1 heterocycles. The van der Waals surface area contributed by atoms with Crippen LogP contribution in [0.2, 0.25) is 0 Å². The third-order valence-electron chi connectivity index (χ3n) is 4.08. The Hall–Kier alpha value is -0.910. The Morgan fingerprint density at radius 1 is 1.33 bits per heavy atom. The van der Waals surface area contributed by atoms with E-state index in [1.54, 1.807) is 24.3 Å². The van der Waals surface area contributed by atoms with E-state index < -0.39 is 15.4 Å². The summed E-state index contributed by atoms with van der Waals surface area (Å²) in [5, 5.41) is 0. The normalized spacial score (nSPS) is 21.4. The maximum Gasteiger partial charge on any atom is 0.178 e. The predicted octanol–water partition coefficient (Wildman–Crippen LogP) is 3.03. The van der Waals surface area contributed by atoms with Crippen LogP contribution in [0, 0.1) is 5.92 Å². The Kier molecular flexibility index (Phi) is 5.07. The molecule has 0 saturated carbocycles. The van der Waals surface area contributed by atoms with Crippen LogP contribution in [0.25, 0.3) is 0 Å². The smallest absolute Gasteiger partial charge is 0.178 e. The van der Waals surface area contributed by atoms with Crippen LogP contribution in [0.4, 0.5) is 0 Å². The zero-order valence-corrected chi connectivity index (χ0v) is 13.7. The molecule has 1 fully saturated rings. The minimum Gasteiger partial charge on any atom is -0.353 e. The Labute approximate surface area is 127 Å². The van der Waals surface area contributed by atoms with Gasteiger partial charge in [0.2, 0.25) is 0 Å². The molecule has 0 aliphatic carbocycles. The first-order chi connectivity index (χ1) is 9.81. The molecule has 1 saturated heterocycles. The van der Waals surface area contributed by atoms with Gasteiger partial charge in [-0.05, 0) is 38.3 Å². The van der Waals surface area contributed by atoms with Crippen molar-refractivity contribution >= 4 is 9.84 Å². The molecule has 4 nitrogen and oxygen atoms in total. The van der Waals surface area contributed by atoms with E-state index in [1.165, 1.54) is 0 Å². The van der Waals surface area contributed by atoms with Gasteiger partial charge >= 0.3 is 0 Å². The molecule has 1 aliphatic heterocycles. The number of benzene rings is 1. The van der Waals surface area contributed by atoms with E-state index in [-0.39, 0.29) is 18.0 Å². The second kappa shape index (κ2) is 6.46. The molecule has 1 aromatic carbocycles. The van der Waals surface area contributed by atoms with Crippen molar-refractivity contribution in [3.63, 3.8) is 0 Å². The van der Waals surface area contributed by atoms with Gasteiger partial charge in [-0.15, -0.1) is 0 Å². The summed E-state index contributed by atoms with van der Waals surface area (Å²) in [5.74, 6) is -0.0663. The SMILES string of the molecule is CC(CS(=O)(=O)c1ccccc1)C(C)(C)OC1CCCO1. The largest absolute Gasteiger partial charge is 0.353 e. The minimum atomic E-state index is -3.30. The second-order valence-corrected chi connectivity index (χ2v) is 8.19. The monoisotopic (exact) mass is 312 g/mol. The van der Waals surface area contributed by atoms with Crippen LogP contribution in [0.1, 0.15) is 33.6 Å². The maximum atomic E-state index is 12.4. The second-order valence-electron chi connectivity index (χ2n) is 6.16. The quantitative estimate of drug-likeness (QED) is 0.810. The molecular formula is C16H24O4S. The van der Waals surface area contributed by atoms with Crippen molar-refractivity contribution in [2.45, 2.75) is 50.4 Å². The number of sulfone groups is 1. The summed E-state index contributed by atoms with van der Waals surface area (Å²) in [7, 11) is -3.30. The molecule has 21 heavy (non-hydrogen) atoms. The number of hydrogen-bond acceptors (Lipinski definition) is 4. The summed E-state index contributed by atoms with van der Waals surface area (Å²) in [6, 6.07) is 8.57. The molecule has 2 atom stereocenters. The van der Waals surface area contributed by atoms with Crippen LogP contribution in [-0.2, 0) is 19.3 Å². The molecule has 0 amide bonds. The third kappa shape index (κ3) is 4.28. The first-order valence-electron chi connectivity index (χ1n) is 7.38. The fourth-order valence-electron chi connectivity index (χ4n) is 2.35. The van der Waals surface area contributed by atoms with Crippen molar-refractivity contribution in [2.75, 3.05) is 12.4 Å². The van der Waals surface area contributed by atoms with Crippen molar-refractivity contribution in [1.82, 2.24) is 0 Å². The molecule has 2 rings (SSSR count). The molecule has 5 heteroatoms. The highest BCUT2D eigenvalue weighted by molar-refractivity contribution is 7.91. The van der Waals surface area contributed by atoms with Crippen molar-refractivity contribution in [3.8, 4) is 0 Å². The lowest BCUT2D eigenvalue weighted by atomic mass is 9.94. The molecule has 0 bridgehead atoms. The summed E-state index contributed by atoms with van der Waals surface area (Å²) >= 11 is 0. The molecule has 0 spiro atoms. The molecule has 0 N–H and O–H groups in total. The molecule has 1 aromatic rings. The first kappa shape index (κ1) is 16.5. The molecule has 2 unspecified atom stereocenters. The van der Waals surface area contributed by atoms with Crippen LogP contribution in [0.5, 0.6) is 0 Å². The summed E-state index contributed by atoms with van der Waals surface area (Å²) in [6.07, 6.45) is 1.67. The van der Waals surface area contributed by atoms with E-state index in [2.05, 4.69) is 0 Å². The Bertz CT molecular complexity index is 545. The predicted molar refractivity (Wildman–Crippen MR) is 81.8 cm³/mol. The summed E-state index contributed by atoms with van der Waals surface area (Å²) in [5.41, 5.74) is -0.545. The van der Waals surface area contributed by atoms with Gasteiger partial charge < -0.3 is 9.47 Å². The summed E-state index contributed by atoms with van der Waals surface area (Å²) in [4.78, 5) is 0.366. The van der Waals surface area contributed by atoms with Crippen molar-refractivity contribution in [1.29, 1.82) is 0 Å². The topological polar surface area (TPSA) is 52.6 Å². The summed E-state index contributed by atoms with van der Waals surface area (Å²) in [6.45, 7) is 6.49. The Morgan fingerprint density at radius 2 is 2.00 bits per heavy atom. The van der Waals surface area contributed by atoms with Crippen LogP contribution in [0.15, 0.2) is 35.2 Å². The summed E-state index contributed by atoms with van der Waals surface area (Å²) < 4.78 is 36.3. The van der Waals surface area contributed by atoms with Gasteiger partial charge in [0, 0.05) is 13.0 Å². The molecule has 0 radical (unpaired) electrons. The van der Waals surface area contributed by atoms with Gasteiger partial charge in [0.15, 0.2) is 16.1 Å². The van der Waals surface area contributed by atoms with Gasteiger partial charge in [-0.1, -0.05) is 25.1 Å². The highest BCUT2D eigenvalue weighted by atomic mass is 32.2. The standard InChI is InChI=1S/C16H24O4S/c1-13(16(2,3)20-15-10-7-11-19-15)12-21(17,18)14-8-5-4-6-9-14/h4-6,8-9,13,15H,7,10-12H2,1-3H3. The number of hydrogen-bond donors (Lipinski definition) is 0. The zero-order valence-electron chi connectivity index (χ0n) is 12.9. The third-order valence-corrected chi connectivity index (χ3v) is 6.01. The lowest BCUT2D eigenvalue weighted by Gasteiger charge is -2.34. The maximum absolute atomic E-state index is 12.4. The highest BCUT2D eigenvalue weighted by Crippen LogP contribution is 2.29. The molecule has 0 aromatic heterocycles. The van der Waals surface area contributed by atoms with Gasteiger partial charge in [-0.25, -0.2) is 8.42 Å². The van der Waals surface area contributed by atoms with E-state index in [4.69, 9.17) is 9.47 Å². The van der Waals surface area contributed by atoms with Crippen LogP contribution in [0.3, 0.4) is 0 Å². The first-order valence-corrected chi connectivity index (χ1v) is 9.04. The Balaban J connectivity index is 2.03. The van der Waals surface area contributed by atoms with Gasteiger partial charge in [0.05, 0.1) is 16.2 Å².